The van der Waals surface area contributed by atoms with Crippen LogP contribution in [0.5, 0.6) is 0 Å². The second-order valence-electron chi connectivity index (χ2n) is 4.96. The number of hydrogen-bond donors (Lipinski definition) is 0. The predicted octanol–water partition coefficient (Wildman–Crippen LogP) is 3.93. The number of sulfone groups is 1. The third-order valence-corrected chi connectivity index (χ3v) is 5.59. The van der Waals surface area contributed by atoms with E-state index in [-0.39, 0.29) is 9.79 Å². The molecular weight excluding hydrogens is 294 g/mol. The lowest BCUT2D eigenvalue weighted by Gasteiger charge is -2.04. The van der Waals surface area contributed by atoms with Crippen LogP contribution in [-0.4, -0.2) is 8.42 Å². The summed E-state index contributed by atoms with van der Waals surface area (Å²) in [5.74, 6) is -1.94. The summed E-state index contributed by atoms with van der Waals surface area (Å²) in [4.78, 5) is 0.374. The molecule has 0 aromatic heterocycles. The highest BCUT2D eigenvalue weighted by molar-refractivity contribution is 7.92. The van der Waals surface area contributed by atoms with Gasteiger partial charge in [-0.25, -0.2) is 17.2 Å². The lowest BCUT2D eigenvalue weighted by molar-refractivity contribution is 0.511. The Balaban J connectivity index is 2.17. The molecule has 0 spiro atoms. The van der Waals surface area contributed by atoms with Crippen molar-refractivity contribution in [2.75, 3.05) is 0 Å². The second-order valence-corrected chi connectivity index (χ2v) is 6.85. The average molecular weight is 302 g/mol. The summed E-state index contributed by atoms with van der Waals surface area (Å²) < 4.78 is 51.7. The van der Waals surface area contributed by atoms with Gasteiger partial charge in [-0.1, -0.05) is 18.2 Å². The van der Waals surface area contributed by atoms with Crippen LogP contribution in [-0.2, 0) is 9.84 Å². The molecule has 0 unspecified atom stereocenters. The SMILES string of the molecule is O=S1(=O)c2ccccc2-c2cc3cc(F)c(F)cc3cc21. The lowest BCUT2D eigenvalue weighted by Crippen LogP contribution is -1.96. The van der Waals surface area contributed by atoms with Crippen LogP contribution in [0.3, 0.4) is 0 Å². The zero-order valence-corrected chi connectivity index (χ0v) is 11.4. The molecule has 104 valence electrons. The van der Waals surface area contributed by atoms with Gasteiger partial charge >= 0.3 is 0 Å². The molecule has 1 aliphatic heterocycles. The van der Waals surface area contributed by atoms with E-state index >= 15 is 0 Å². The molecule has 2 nitrogen and oxygen atoms in total. The molecule has 0 radical (unpaired) electrons. The van der Waals surface area contributed by atoms with Crippen LogP contribution in [0.4, 0.5) is 8.78 Å². The van der Waals surface area contributed by atoms with E-state index in [1.54, 1.807) is 24.3 Å². The highest BCUT2D eigenvalue weighted by Crippen LogP contribution is 2.44. The molecular formula is C16H8F2O2S. The summed E-state index contributed by atoms with van der Waals surface area (Å²) in [5.41, 5.74) is 1.13. The van der Waals surface area contributed by atoms with Gasteiger partial charge in [0.25, 0.3) is 0 Å². The first-order valence-corrected chi connectivity index (χ1v) is 7.74. The first-order chi connectivity index (χ1) is 9.98. The van der Waals surface area contributed by atoms with Crippen molar-refractivity contribution in [1.82, 2.24) is 0 Å². The second kappa shape index (κ2) is 3.89. The van der Waals surface area contributed by atoms with Gasteiger partial charge in [0.05, 0.1) is 9.79 Å². The molecule has 0 saturated carbocycles. The molecule has 0 bridgehead atoms. The smallest absolute Gasteiger partial charge is 0.207 e. The van der Waals surface area contributed by atoms with Gasteiger partial charge in [0.1, 0.15) is 0 Å². The van der Waals surface area contributed by atoms with E-state index in [1.165, 1.54) is 12.1 Å². The van der Waals surface area contributed by atoms with Crippen LogP contribution in [0.15, 0.2) is 58.3 Å². The van der Waals surface area contributed by atoms with E-state index in [9.17, 15) is 17.2 Å². The van der Waals surface area contributed by atoms with Crippen LogP contribution in [0, 0.1) is 11.6 Å². The largest absolute Gasteiger partial charge is 0.218 e. The Morgan fingerprint density at radius 1 is 0.714 bits per heavy atom. The standard InChI is InChI=1S/C16H8F2O2S/c17-13-6-9-5-12-11-3-1-2-4-15(11)21(19,20)16(12)8-10(9)7-14(13)18/h1-8H. The van der Waals surface area contributed by atoms with Gasteiger partial charge in [0.2, 0.25) is 9.84 Å². The first-order valence-electron chi connectivity index (χ1n) is 6.26. The zero-order valence-electron chi connectivity index (χ0n) is 10.6. The summed E-state index contributed by atoms with van der Waals surface area (Å²) in [7, 11) is -3.60. The van der Waals surface area contributed by atoms with Crippen LogP contribution in [0.25, 0.3) is 21.9 Å². The number of rotatable bonds is 0. The highest BCUT2D eigenvalue weighted by atomic mass is 32.2. The molecule has 0 amide bonds. The molecule has 4 rings (SSSR count). The Morgan fingerprint density at radius 2 is 1.33 bits per heavy atom. The van der Waals surface area contributed by atoms with E-state index in [0.29, 0.717) is 21.9 Å². The van der Waals surface area contributed by atoms with Crippen molar-refractivity contribution in [3.8, 4) is 11.1 Å². The molecule has 1 aliphatic rings. The molecule has 0 fully saturated rings. The van der Waals surface area contributed by atoms with E-state index in [1.807, 2.05) is 0 Å². The van der Waals surface area contributed by atoms with E-state index < -0.39 is 21.5 Å². The maximum Gasteiger partial charge on any atom is 0.207 e. The van der Waals surface area contributed by atoms with Crippen LogP contribution in [0.2, 0.25) is 0 Å². The zero-order chi connectivity index (χ0) is 14.8. The van der Waals surface area contributed by atoms with Crippen molar-refractivity contribution in [3.05, 3.63) is 60.2 Å². The van der Waals surface area contributed by atoms with Crippen LogP contribution in [0.1, 0.15) is 0 Å². The first kappa shape index (κ1) is 12.5. The molecule has 0 N–H and O–H groups in total. The maximum atomic E-state index is 13.4. The number of fused-ring (bicyclic) bond motifs is 4. The number of halogens is 2. The lowest BCUT2D eigenvalue weighted by atomic mass is 10.0. The van der Waals surface area contributed by atoms with Crippen molar-refractivity contribution in [2.24, 2.45) is 0 Å². The Hall–Kier alpha value is -2.27. The monoisotopic (exact) mass is 302 g/mol. The van der Waals surface area contributed by atoms with Gasteiger partial charge in [-0.2, -0.15) is 0 Å². The third-order valence-electron chi connectivity index (χ3n) is 3.73. The maximum absolute atomic E-state index is 13.4. The molecule has 3 aromatic rings. The van der Waals surface area contributed by atoms with Gasteiger partial charge in [0.15, 0.2) is 11.6 Å². The van der Waals surface area contributed by atoms with Crippen molar-refractivity contribution in [1.29, 1.82) is 0 Å². The molecule has 1 heterocycles. The Bertz CT molecular complexity index is 1020. The summed E-state index contributed by atoms with van der Waals surface area (Å²) in [5, 5.41) is 0.837. The minimum Gasteiger partial charge on any atom is -0.218 e. The van der Waals surface area contributed by atoms with Gasteiger partial charge < -0.3 is 0 Å². The van der Waals surface area contributed by atoms with E-state index in [0.717, 1.165) is 12.1 Å². The average Bonchev–Trinajstić information content (AvgIpc) is 2.68. The fourth-order valence-electron chi connectivity index (χ4n) is 2.75. The molecule has 0 atom stereocenters. The minimum absolute atomic E-state index is 0.141. The van der Waals surface area contributed by atoms with Crippen molar-refractivity contribution in [2.45, 2.75) is 9.79 Å². The highest BCUT2D eigenvalue weighted by Gasteiger charge is 2.32. The summed E-state index contributed by atoms with van der Waals surface area (Å²) in [6.07, 6.45) is 0. The van der Waals surface area contributed by atoms with E-state index in [2.05, 4.69) is 0 Å². The quantitative estimate of drug-likeness (QED) is 0.493. The summed E-state index contributed by atoms with van der Waals surface area (Å²) in [6.45, 7) is 0. The van der Waals surface area contributed by atoms with Gasteiger partial charge in [-0.3, -0.25) is 0 Å². The predicted molar refractivity (Wildman–Crippen MR) is 74.8 cm³/mol. The normalized spacial score (nSPS) is 15.0. The summed E-state index contributed by atoms with van der Waals surface area (Å²) in [6, 6.07) is 11.8. The Kier molecular flexibility index (Phi) is 2.31. The van der Waals surface area contributed by atoms with Gasteiger partial charge in [-0.15, -0.1) is 0 Å². The van der Waals surface area contributed by atoms with Gasteiger partial charge in [0, 0.05) is 11.1 Å². The minimum atomic E-state index is -3.60. The Morgan fingerprint density at radius 3 is 2.05 bits per heavy atom. The van der Waals surface area contributed by atoms with Crippen molar-refractivity contribution in [3.63, 3.8) is 0 Å². The molecule has 3 aromatic carbocycles. The van der Waals surface area contributed by atoms with Crippen LogP contribution >= 0.6 is 0 Å². The number of hydrogen-bond acceptors (Lipinski definition) is 2. The van der Waals surface area contributed by atoms with E-state index in [4.69, 9.17) is 0 Å². The molecule has 21 heavy (non-hydrogen) atoms. The fraction of sp³-hybridized carbons (Fsp3) is 0. The molecule has 5 heteroatoms. The number of benzene rings is 3. The van der Waals surface area contributed by atoms with Crippen molar-refractivity contribution >= 4 is 20.6 Å². The molecule has 0 saturated heterocycles. The topological polar surface area (TPSA) is 34.1 Å². The van der Waals surface area contributed by atoms with Crippen molar-refractivity contribution < 1.29 is 17.2 Å². The fourth-order valence-corrected chi connectivity index (χ4v) is 4.45. The molecule has 0 aliphatic carbocycles. The van der Waals surface area contributed by atoms with Crippen LogP contribution < -0.4 is 0 Å². The third kappa shape index (κ3) is 1.58. The Labute approximate surface area is 119 Å². The summed E-state index contributed by atoms with van der Waals surface area (Å²) >= 11 is 0. The van der Waals surface area contributed by atoms with Gasteiger partial charge in [-0.05, 0) is 41.1 Å².